The molecule has 4 rings (SSSR count). The fraction of sp³-hybridized carbons (Fsp3) is 0.474. The first-order chi connectivity index (χ1) is 25.4. The third-order valence-corrected chi connectivity index (χ3v) is 7.95. The maximum absolute atomic E-state index is 13.6. The van der Waals surface area contributed by atoms with E-state index < -0.39 is 78.5 Å². The van der Waals surface area contributed by atoms with E-state index in [1.807, 2.05) is 0 Å². The SMILES string of the molecule is CCCCCCCCOc1ccc2c(O[C@@H]3O[C@H](COC(C)=O)[C@@H](OC(C)=O)[C@H](OC(C)=O)[C@H]3OC(C)=O)c(OC(=O)c3ccccc3)c(=O)oc2c1. The number of unbranched alkanes of at least 4 members (excludes halogenated alkanes) is 5. The molecule has 15 heteroatoms. The van der Waals surface area contributed by atoms with Crippen molar-refractivity contribution < 1.29 is 66.3 Å². The summed E-state index contributed by atoms with van der Waals surface area (Å²) >= 11 is 0. The molecule has 0 spiro atoms. The van der Waals surface area contributed by atoms with Crippen LogP contribution in [0.3, 0.4) is 0 Å². The summed E-state index contributed by atoms with van der Waals surface area (Å²) in [5.74, 6) is -4.85. The van der Waals surface area contributed by atoms with Crippen LogP contribution in [0, 0.1) is 0 Å². The Morgan fingerprint density at radius 2 is 1.36 bits per heavy atom. The Labute approximate surface area is 305 Å². The van der Waals surface area contributed by atoms with Crippen LogP contribution in [0.4, 0.5) is 0 Å². The molecule has 0 bridgehead atoms. The molecule has 2 heterocycles. The minimum absolute atomic E-state index is 0.0180. The van der Waals surface area contributed by atoms with Crippen molar-refractivity contribution in [3.8, 4) is 17.2 Å². The highest BCUT2D eigenvalue weighted by Gasteiger charge is 2.53. The van der Waals surface area contributed by atoms with Crippen LogP contribution < -0.4 is 19.8 Å². The fourth-order valence-electron chi connectivity index (χ4n) is 5.63. The fourth-order valence-corrected chi connectivity index (χ4v) is 5.63. The molecule has 0 saturated carbocycles. The summed E-state index contributed by atoms with van der Waals surface area (Å²) in [5.41, 5.74) is -1.03. The lowest BCUT2D eigenvalue weighted by Crippen LogP contribution is -2.63. The molecule has 2 aromatic carbocycles. The van der Waals surface area contributed by atoms with Crippen LogP contribution in [0.15, 0.2) is 57.7 Å². The molecular weight excluding hydrogens is 696 g/mol. The van der Waals surface area contributed by atoms with Gasteiger partial charge in [-0.1, -0.05) is 57.2 Å². The third kappa shape index (κ3) is 11.5. The normalized spacial score (nSPS) is 19.5. The summed E-state index contributed by atoms with van der Waals surface area (Å²) in [4.78, 5) is 75.5. The zero-order valence-electron chi connectivity index (χ0n) is 30.3. The molecule has 0 amide bonds. The predicted octanol–water partition coefficient (Wildman–Crippen LogP) is 5.21. The van der Waals surface area contributed by atoms with Crippen LogP contribution in [0.1, 0.15) is 83.5 Å². The number of hydrogen-bond donors (Lipinski definition) is 0. The van der Waals surface area contributed by atoms with Gasteiger partial charge in [0.25, 0.3) is 5.75 Å². The molecule has 1 aliphatic heterocycles. The highest BCUT2D eigenvalue weighted by atomic mass is 16.7. The van der Waals surface area contributed by atoms with Gasteiger partial charge in [0, 0.05) is 33.8 Å². The standard InChI is InChI=1S/C38H44O15/c1-6-7-8-9-10-14-19-45-27-17-18-28-29(20-27)50-37(44)34(52-36(43)26-15-12-11-13-16-26)31(28)53-38-35(49-25(5)42)33(48-24(4)41)32(47-23(3)40)30(51-38)21-46-22(2)39/h11-13,15-18,20,30,32-33,35,38H,6-10,14,19,21H2,1-5H3/t30-,32-,33+,35-,38+/m1/s1. The topological polar surface area (TPSA) is 189 Å². The molecule has 1 aliphatic rings. The van der Waals surface area contributed by atoms with Gasteiger partial charge in [-0.05, 0) is 30.7 Å². The second-order valence-corrected chi connectivity index (χ2v) is 12.3. The van der Waals surface area contributed by atoms with Crippen molar-refractivity contribution in [2.45, 2.75) is 104 Å². The van der Waals surface area contributed by atoms with Gasteiger partial charge in [0.2, 0.25) is 12.4 Å². The Morgan fingerprint density at radius 1 is 0.717 bits per heavy atom. The molecule has 5 atom stereocenters. The maximum Gasteiger partial charge on any atom is 0.383 e. The van der Waals surface area contributed by atoms with E-state index in [-0.39, 0.29) is 22.3 Å². The largest absolute Gasteiger partial charge is 0.493 e. The van der Waals surface area contributed by atoms with Crippen molar-refractivity contribution in [3.63, 3.8) is 0 Å². The van der Waals surface area contributed by atoms with Gasteiger partial charge >= 0.3 is 35.5 Å². The summed E-state index contributed by atoms with van der Waals surface area (Å²) in [6, 6.07) is 12.4. The highest BCUT2D eigenvalue weighted by Crippen LogP contribution is 2.39. The van der Waals surface area contributed by atoms with Gasteiger partial charge < -0.3 is 42.3 Å². The highest BCUT2D eigenvalue weighted by molar-refractivity contribution is 5.93. The molecule has 53 heavy (non-hydrogen) atoms. The van der Waals surface area contributed by atoms with Crippen LogP contribution in [0.25, 0.3) is 11.0 Å². The van der Waals surface area contributed by atoms with Crippen molar-refractivity contribution in [1.29, 1.82) is 0 Å². The Morgan fingerprint density at radius 3 is 2.02 bits per heavy atom. The molecule has 1 aromatic heterocycles. The molecule has 0 aliphatic carbocycles. The lowest BCUT2D eigenvalue weighted by atomic mass is 9.98. The summed E-state index contributed by atoms with van der Waals surface area (Å²) in [6.07, 6.45) is -1.40. The summed E-state index contributed by atoms with van der Waals surface area (Å²) < 4.78 is 51.0. The third-order valence-electron chi connectivity index (χ3n) is 7.95. The molecule has 286 valence electrons. The number of carbonyl (C=O) groups is 5. The number of esters is 5. The zero-order valence-corrected chi connectivity index (χ0v) is 30.3. The second kappa shape index (κ2) is 19.4. The van der Waals surface area contributed by atoms with Gasteiger partial charge in [-0.25, -0.2) is 9.59 Å². The van der Waals surface area contributed by atoms with E-state index in [9.17, 15) is 28.8 Å². The molecule has 0 N–H and O–H groups in total. The summed E-state index contributed by atoms with van der Waals surface area (Å²) in [6.45, 7) is 6.42. The number of benzene rings is 2. The van der Waals surface area contributed by atoms with Gasteiger partial charge in [-0.15, -0.1) is 0 Å². The zero-order chi connectivity index (χ0) is 38.5. The van der Waals surface area contributed by atoms with E-state index in [2.05, 4.69) is 6.92 Å². The van der Waals surface area contributed by atoms with Crippen molar-refractivity contribution in [2.75, 3.05) is 13.2 Å². The predicted molar refractivity (Wildman–Crippen MR) is 185 cm³/mol. The Kier molecular flexibility index (Phi) is 14.8. The minimum Gasteiger partial charge on any atom is -0.493 e. The van der Waals surface area contributed by atoms with Gasteiger partial charge in [0.05, 0.1) is 17.6 Å². The Hall–Kier alpha value is -5.44. The van der Waals surface area contributed by atoms with E-state index >= 15 is 0 Å². The Balaban J connectivity index is 1.79. The summed E-state index contributed by atoms with van der Waals surface area (Å²) in [7, 11) is 0. The number of hydrogen-bond acceptors (Lipinski definition) is 15. The van der Waals surface area contributed by atoms with Crippen molar-refractivity contribution in [3.05, 3.63) is 64.5 Å². The number of rotatable bonds is 17. The number of carbonyl (C=O) groups excluding carboxylic acids is 5. The average molecular weight is 741 g/mol. The molecular formula is C38H44O15. The first kappa shape index (κ1) is 40.3. The second-order valence-electron chi connectivity index (χ2n) is 12.3. The van der Waals surface area contributed by atoms with E-state index in [0.717, 1.165) is 59.8 Å². The quantitative estimate of drug-likeness (QED) is 0.0758. The van der Waals surface area contributed by atoms with E-state index in [1.165, 1.54) is 30.7 Å². The van der Waals surface area contributed by atoms with E-state index in [4.69, 9.17) is 42.3 Å². The molecule has 0 unspecified atom stereocenters. The van der Waals surface area contributed by atoms with Gasteiger partial charge in [0.1, 0.15) is 24.0 Å². The van der Waals surface area contributed by atoms with Gasteiger partial charge in [-0.2, -0.15) is 0 Å². The maximum atomic E-state index is 13.6. The van der Waals surface area contributed by atoms with Gasteiger partial charge in [-0.3, -0.25) is 19.2 Å². The van der Waals surface area contributed by atoms with Crippen LogP contribution in [-0.4, -0.2) is 73.8 Å². The molecule has 0 radical (unpaired) electrons. The smallest absolute Gasteiger partial charge is 0.383 e. The van der Waals surface area contributed by atoms with Crippen LogP contribution >= 0.6 is 0 Å². The van der Waals surface area contributed by atoms with Crippen LogP contribution in [0.5, 0.6) is 17.2 Å². The Bertz CT molecular complexity index is 1800. The molecule has 15 nitrogen and oxygen atoms in total. The molecule has 1 saturated heterocycles. The average Bonchev–Trinajstić information content (AvgIpc) is 3.10. The first-order valence-corrected chi connectivity index (χ1v) is 17.4. The van der Waals surface area contributed by atoms with E-state index in [0.29, 0.717) is 12.4 Å². The summed E-state index contributed by atoms with van der Waals surface area (Å²) in [5, 5.41) is 0.111. The van der Waals surface area contributed by atoms with E-state index in [1.54, 1.807) is 24.3 Å². The molecule has 1 fully saturated rings. The number of fused-ring (bicyclic) bond motifs is 1. The van der Waals surface area contributed by atoms with Gasteiger partial charge in [0.15, 0.2) is 18.0 Å². The lowest BCUT2D eigenvalue weighted by Gasteiger charge is -2.44. The lowest BCUT2D eigenvalue weighted by molar-refractivity contribution is -0.288. The monoisotopic (exact) mass is 740 g/mol. The first-order valence-electron chi connectivity index (χ1n) is 17.4. The molecule has 3 aromatic rings. The van der Waals surface area contributed by atoms with Crippen molar-refractivity contribution >= 4 is 40.8 Å². The van der Waals surface area contributed by atoms with Crippen molar-refractivity contribution in [1.82, 2.24) is 0 Å². The van der Waals surface area contributed by atoms with Crippen LogP contribution in [-0.2, 0) is 42.9 Å². The van der Waals surface area contributed by atoms with Crippen molar-refractivity contribution in [2.24, 2.45) is 0 Å². The number of ether oxygens (including phenoxy) is 8. The minimum atomic E-state index is -1.75. The van der Waals surface area contributed by atoms with Crippen LogP contribution in [0.2, 0.25) is 0 Å².